The fraction of sp³-hybridized carbons (Fsp3) is 0.436. The Labute approximate surface area is 315 Å². The van der Waals surface area contributed by atoms with Crippen LogP contribution in [-0.2, 0) is 17.9 Å². The molecule has 3 aromatic rings. The maximum Gasteiger partial charge on any atom is 0.143 e. The van der Waals surface area contributed by atoms with Crippen LogP contribution in [0.2, 0.25) is 5.02 Å². The number of nitrogens with one attached hydrogen (secondary N) is 2. The van der Waals surface area contributed by atoms with Crippen molar-refractivity contribution >= 4 is 28.8 Å². The summed E-state index contributed by atoms with van der Waals surface area (Å²) in [4.78, 5) is 3.02. The molecule has 2 unspecified atom stereocenters. The van der Waals surface area contributed by atoms with Gasteiger partial charge in [0.1, 0.15) is 41.3 Å². The minimum absolute atomic E-state index is 0.0376. The van der Waals surface area contributed by atoms with Crippen molar-refractivity contribution in [1.29, 1.82) is 5.26 Å². The predicted molar refractivity (Wildman–Crippen MR) is 201 cm³/mol. The van der Waals surface area contributed by atoms with Gasteiger partial charge in [-0.3, -0.25) is 4.98 Å². The minimum Gasteiger partial charge on any atom is -0.488 e. The molecule has 0 amide bonds. The van der Waals surface area contributed by atoms with E-state index in [1.54, 1.807) is 38.2 Å². The summed E-state index contributed by atoms with van der Waals surface area (Å²) in [5, 5.41) is 55.0. The maximum atomic E-state index is 9.85. The first-order chi connectivity index (χ1) is 24.9. The van der Waals surface area contributed by atoms with Crippen LogP contribution in [0.15, 0.2) is 79.2 Å². The number of aliphatic hydroxyl groups is 4. The molecule has 1 aliphatic carbocycles. The van der Waals surface area contributed by atoms with E-state index in [4.69, 9.17) is 37.4 Å². The molecule has 0 saturated heterocycles. The summed E-state index contributed by atoms with van der Waals surface area (Å²) >= 11 is 14.3. The first-order valence-electron chi connectivity index (χ1n) is 17.0. The van der Waals surface area contributed by atoms with Crippen molar-refractivity contribution in [2.45, 2.75) is 61.9 Å². The van der Waals surface area contributed by atoms with Gasteiger partial charge < -0.3 is 45.3 Å². The van der Waals surface area contributed by atoms with Crippen LogP contribution in [0.3, 0.4) is 0 Å². The van der Waals surface area contributed by atoms with Crippen molar-refractivity contribution in [3.8, 4) is 17.6 Å². The summed E-state index contributed by atoms with van der Waals surface area (Å²) in [6, 6.07) is 16.9. The highest BCUT2D eigenvalue weighted by atomic mass is 35.5. The monoisotopic (exact) mass is 754 g/mol. The first-order valence-corrected chi connectivity index (χ1v) is 17.8. The predicted octanol–water partition coefficient (Wildman–Crippen LogP) is 4.53. The SMILES string of the molecule is CC(CO)(CO)NCCCOC1(COc2cc(OCc3cncc(C#N)c3)c(CNC(C)(CO)CO)cc2Cl)C=CC=C(c2ccccc2)C1(C)Cl. The highest BCUT2D eigenvalue weighted by Gasteiger charge is 2.51. The van der Waals surface area contributed by atoms with Crippen molar-refractivity contribution in [3.05, 3.63) is 106 Å². The van der Waals surface area contributed by atoms with Crippen LogP contribution >= 0.6 is 23.2 Å². The molecule has 0 radical (unpaired) electrons. The fourth-order valence-corrected chi connectivity index (χ4v) is 6.10. The van der Waals surface area contributed by atoms with E-state index in [1.807, 2.05) is 55.5 Å². The number of ether oxygens (including phenoxy) is 3. The number of nitriles is 1. The van der Waals surface area contributed by atoms with Crippen LogP contribution in [0.1, 0.15) is 49.4 Å². The third-order valence-electron chi connectivity index (χ3n) is 9.22. The summed E-state index contributed by atoms with van der Waals surface area (Å²) in [6.45, 7) is 5.28. The average Bonchev–Trinajstić information content (AvgIpc) is 3.16. The molecule has 6 N–H and O–H groups in total. The van der Waals surface area contributed by atoms with Gasteiger partial charge in [-0.2, -0.15) is 5.26 Å². The zero-order valence-electron chi connectivity index (χ0n) is 29.7. The Morgan fingerprint density at radius 3 is 2.29 bits per heavy atom. The Morgan fingerprint density at radius 1 is 0.923 bits per heavy atom. The van der Waals surface area contributed by atoms with Gasteiger partial charge in [-0.25, -0.2) is 0 Å². The number of halogens is 2. The molecular weight excluding hydrogens is 707 g/mol. The van der Waals surface area contributed by atoms with Crippen LogP contribution in [0, 0.1) is 11.3 Å². The van der Waals surface area contributed by atoms with E-state index >= 15 is 0 Å². The van der Waals surface area contributed by atoms with E-state index in [0.717, 1.165) is 11.1 Å². The molecule has 0 fully saturated rings. The molecule has 0 bridgehead atoms. The van der Waals surface area contributed by atoms with E-state index in [2.05, 4.69) is 21.7 Å². The zero-order valence-corrected chi connectivity index (χ0v) is 31.3. The summed E-state index contributed by atoms with van der Waals surface area (Å²) in [5.41, 5.74) is 0.528. The maximum absolute atomic E-state index is 9.85. The van der Waals surface area contributed by atoms with Gasteiger partial charge in [0.25, 0.3) is 0 Å². The molecule has 0 spiro atoms. The molecule has 1 aliphatic rings. The molecule has 0 aliphatic heterocycles. The summed E-state index contributed by atoms with van der Waals surface area (Å²) in [5.74, 6) is 0.724. The van der Waals surface area contributed by atoms with E-state index < -0.39 is 21.6 Å². The highest BCUT2D eigenvalue weighted by Crippen LogP contribution is 2.47. The van der Waals surface area contributed by atoms with E-state index in [-0.39, 0.29) is 57.8 Å². The largest absolute Gasteiger partial charge is 0.488 e. The fourth-order valence-electron chi connectivity index (χ4n) is 5.52. The van der Waals surface area contributed by atoms with Gasteiger partial charge in [0.2, 0.25) is 0 Å². The number of nitrogens with zero attached hydrogens (tertiary/aromatic N) is 2. The molecule has 0 saturated carbocycles. The van der Waals surface area contributed by atoms with E-state index in [9.17, 15) is 25.7 Å². The molecular formula is C39H48Cl2N4O7. The molecule has 11 nitrogen and oxygen atoms in total. The Morgan fingerprint density at radius 2 is 1.62 bits per heavy atom. The normalized spacial score (nSPS) is 18.9. The topological polar surface area (TPSA) is 169 Å². The van der Waals surface area contributed by atoms with Crippen LogP contribution < -0.4 is 20.1 Å². The smallest absolute Gasteiger partial charge is 0.143 e. The van der Waals surface area contributed by atoms with Gasteiger partial charge >= 0.3 is 0 Å². The molecule has 2 aromatic carbocycles. The second kappa shape index (κ2) is 18.5. The van der Waals surface area contributed by atoms with Gasteiger partial charge in [0.15, 0.2) is 0 Å². The van der Waals surface area contributed by atoms with Gasteiger partial charge in [0.05, 0.1) is 48.1 Å². The number of pyridine rings is 1. The molecule has 2 atom stereocenters. The van der Waals surface area contributed by atoms with Crippen LogP contribution in [0.4, 0.5) is 0 Å². The second-order valence-electron chi connectivity index (χ2n) is 13.6. The lowest BCUT2D eigenvalue weighted by Gasteiger charge is -2.45. The minimum atomic E-state index is -1.18. The summed E-state index contributed by atoms with van der Waals surface area (Å²) < 4.78 is 19.4. The quantitative estimate of drug-likeness (QED) is 0.0708. The molecule has 280 valence electrons. The number of benzene rings is 2. The van der Waals surface area contributed by atoms with Crippen molar-refractivity contribution < 1.29 is 34.6 Å². The molecule has 1 heterocycles. The van der Waals surface area contributed by atoms with Crippen LogP contribution in [0.25, 0.3) is 5.57 Å². The number of alkyl halides is 1. The number of hydrogen-bond donors (Lipinski definition) is 6. The number of hydrogen-bond acceptors (Lipinski definition) is 11. The standard InChI is InChI=1S/C39H48Cl2N4O7/c1-36(23-46,24-47)44-13-8-14-52-39(12-7-11-32(38(39,3)41)30-9-5-4-6-10-30)27-51-35-17-34(50-22-29-15-28(18-42)19-43-20-29)31(16-33(35)40)21-45-37(2,25-48)26-49/h4-7,9-12,15-17,19-20,44-49H,8,13-14,21-27H2,1-3H3. The van der Waals surface area contributed by atoms with Crippen molar-refractivity contribution in [1.82, 2.24) is 15.6 Å². The second-order valence-corrected chi connectivity index (χ2v) is 14.8. The first kappa shape index (κ1) is 41.2. The van der Waals surface area contributed by atoms with Crippen molar-refractivity contribution in [3.63, 3.8) is 0 Å². The number of allylic oxidation sites excluding steroid dienone is 2. The molecule has 52 heavy (non-hydrogen) atoms. The lowest BCUT2D eigenvalue weighted by Crippen LogP contribution is -2.55. The lowest BCUT2D eigenvalue weighted by atomic mass is 9.76. The Hall–Kier alpha value is -3.54. The van der Waals surface area contributed by atoms with E-state index in [1.165, 1.54) is 6.20 Å². The third-order valence-corrected chi connectivity index (χ3v) is 10.0. The Bertz CT molecular complexity index is 1720. The zero-order chi connectivity index (χ0) is 37.8. The van der Waals surface area contributed by atoms with Crippen molar-refractivity contribution in [2.75, 3.05) is 46.2 Å². The molecule has 1 aromatic heterocycles. The number of aliphatic hydroxyl groups excluding tert-OH is 4. The van der Waals surface area contributed by atoms with Crippen LogP contribution in [-0.4, -0.2) is 93.1 Å². The van der Waals surface area contributed by atoms with Gasteiger partial charge in [0, 0.05) is 42.7 Å². The number of rotatable bonds is 20. The Kier molecular flexibility index (Phi) is 14.6. The van der Waals surface area contributed by atoms with Crippen LogP contribution in [0.5, 0.6) is 11.5 Å². The molecule has 13 heteroatoms. The van der Waals surface area contributed by atoms with Gasteiger partial charge in [-0.15, -0.1) is 11.6 Å². The summed E-state index contributed by atoms with van der Waals surface area (Å²) in [6.07, 6.45) is 9.37. The number of aromatic nitrogens is 1. The lowest BCUT2D eigenvalue weighted by molar-refractivity contribution is -0.0530. The van der Waals surface area contributed by atoms with Gasteiger partial charge in [-0.05, 0) is 63.1 Å². The van der Waals surface area contributed by atoms with Gasteiger partial charge in [-0.1, -0.05) is 54.1 Å². The highest BCUT2D eigenvalue weighted by molar-refractivity contribution is 6.32. The average molecular weight is 756 g/mol. The Balaban J connectivity index is 1.64. The summed E-state index contributed by atoms with van der Waals surface area (Å²) in [7, 11) is 0. The third kappa shape index (κ3) is 10.1. The molecule has 4 rings (SSSR count). The van der Waals surface area contributed by atoms with E-state index in [0.29, 0.717) is 41.2 Å². The van der Waals surface area contributed by atoms with Crippen molar-refractivity contribution in [2.24, 2.45) is 0 Å².